The van der Waals surface area contributed by atoms with Crippen LogP contribution in [0.5, 0.6) is 0 Å². The summed E-state index contributed by atoms with van der Waals surface area (Å²) in [4.78, 5) is 3.90. The standard InChI is InChI=1S/C10H13BN4O/c11-8-5-7(3-1-2-4-16)15-9(8)10(12)13-6-14-15/h5-6,16H,1-4H2,(H2,12,13,14). The maximum atomic E-state index is 8.73. The summed E-state index contributed by atoms with van der Waals surface area (Å²) < 4.78 is 1.72. The van der Waals surface area contributed by atoms with Gasteiger partial charge < -0.3 is 10.8 Å². The third kappa shape index (κ3) is 1.88. The molecule has 0 saturated carbocycles. The molecule has 6 heteroatoms. The summed E-state index contributed by atoms with van der Waals surface area (Å²) in [5.74, 6) is 0.390. The lowest BCUT2D eigenvalue weighted by molar-refractivity contribution is 0.284. The fourth-order valence-electron chi connectivity index (χ4n) is 1.76. The normalized spacial score (nSPS) is 11.1. The second kappa shape index (κ2) is 4.53. The van der Waals surface area contributed by atoms with E-state index in [2.05, 4.69) is 10.1 Å². The number of rotatable bonds is 4. The van der Waals surface area contributed by atoms with E-state index in [0.29, 0.717) is 16.8 Å². The first kappa shape index (κ1) is 10.9. The van der Waals surface area contributed by atoms with Crippen LogP contribution in [0.2, 0.25) is 0 Å². The molecule has 2 aromatic heterocycles. The molecule has 0 bridgehead atoms. The Kier molecular flexibility index (Phi) is 3.10. The molecule has 0 unspecified atom stereocenters. The van der Waals surface area contributed by atoms with E-state index in [1.807, 2.05) is 6.07 Å². The van der Waals surface area contributed by atoms with Gasteiger partial charge in [-0.3, -0.25) is 0 Å². The SMILES string of the molecule is [B]c1cc(CCCCO)n2ncnc(N)c12. The van der Waals surface area contributed by atoms with Crippen molar-refractivity contribution in [2.75, 3.05) is 12.3 Å². The van der Waals surface area contributed by atoms with Crippen LogP contribution in [-0.4, -0.2) is 34.2 Å². The molecule has 3 N–H and O–H groups in total. The molecule has 0 saturated heterocycles. The number of anilines is 1. The van der Waals surface area contributed by atoms with Gasteiger partial charge >= 0.3 is 0 Å². The minimum absolute atomic E-state index is 0.204. The number of nitrogens with two attached hydrogens (primary N) is 1. The van der Waals surface area contributed by atoms with Gasteiger partial charge in [-0.2, -0.15) is 5.10 Å². The Morgan fingerprint density at radius 2 is 2.25 bits per heavy atom. The molecule has 0 atom stereocenters. The van der Waals surface area contributed by atoms with Crippen LogP contribution >= 0.6 is 0 Å². The van der Waals surface area contributed by atoms with Crippen LogP contribution in [0.25, 0.3) is 5.52 Å². The number of aryl methyl sites for hydroxylation is 1. The number of aliphatic hydroxyl groups excluding tert-OH is 1. The van der Waals surface area contributed by atoms with Crippen LogP contribution in [0.1, 0.15) is 18.5 Å². The molecular formula is C10H13BN4O. The molecule has 0 fully saturated rings. The smallest absolute Gasteiger partial charge is 0.150 e. The highest BCUT2D eigenvalue weighted by Crippen LogP contribution is 2.12. The fraction of sp³-hybridized carbons (Fsp3) is 0.400. The third-order valence-corrected chi connectivity index (χ3v) is 2.53. The largest absolute Gasteiger partial charge is 0.396 e. The molecule has 5 nitrogen and oxygen atoms in total. The molecular weight excluding hydrogens is 203 g/mol. The first-order valence-electron chi connectivity index (χ1n) is 5.21. The van der Waals surface area contributed by atoms with Crippen LogP contribution in [-0.2, 0) is 6.42 Å². The molecule has 0 aliphatic carbocycles. The van der Waals surface area contributed by atoms with E-state index < -0.39 is 0 Å². The van der Waals surface area contributed by atoms with Gasteiger partial charge in [-0.15, -0.1) is 0 Å². The van der Waals surface area contributed by atoms with Crippen molar-refractivity contribution in [3.63, 3.8) is 0 Å². The number of aromatic nitrogens is 3. The van der Waals surface area contributed by atoms with E-state index in [0.717, 1.165) is 25.0 Å². The molecule has 82 valence electrons. The predicted molar refractivity (Wildman–Crippen MR) is 62.8 cm³/mol. The van der Waals surface area contributed by atoms with Gasteiger partial charge in [-0.1, -0.05) is 5.46 Å². The van der Waals surface area contributed by atoms with Crippen molar-refractivity contribution in [2.45, 2.75) is 19.3 Å². The van der Waals surface area contributed by atoms with Gasteiger partial charge in [0.15, 0.2) is 5.82 Å². The molecule has 0 spiro atoms. The zero-order valence-electron chi connectivity index (χ0n) is 8.93. The van der Waals surface area contributed by atoms with Crippen LogP contribution < -0.4 is 11.2 Å². The van der Waals surface area contributed by atoms with E-state index in [4.69, 9.17) is 18.7 Å². The van der Waals surface area contributed by atoms with Gasteiger partial charge in [0.1, 0.15) is 19.7 Å². The highest BCUT2D eigenvalue weighted by molar-refractivity contribution is 6.37. The van der Waals surface area contributed by atoms with Crippen molar-refractivity contribution in [3.8, 4) is 0 Å². The second-order valence-corrected chi connectivity index (χ2v) is 3.68. The predicted octanol–water partition coefficient (Wildman–Crippen LogP) is -0.580. The van der Waals surface area contributed by atoms with Crippen molar-refractivity contribution < 1.29 is 5.11 Å². The van der Waals surface area contributed by atoms with E-state index in [1.54, 1.807) is 4.52 Å². The summed E-state index contributed by atoms with van der Waals surface area (Å²) >= 11 is 0. The molecule has 2 heterocycles. The van der Waals surface area contributed by atoms with Crippen molar-refractivity contribution in [1.29, 1.82) is 0 Å². The maximum Gasteiger partial charge on any atom is 0.150 e. The van der Waals surface area contributed by atoms with E-state index in [-0.39, 0.29) is 6.61 Å². The molecule has 0 aliphatic heterocycles. The summed E-state index contributed by atoms with van der Waals surface area (Å²) in [5, 5.41) is 12.9. The molecule has 0 amide bonds. The molecule has 16 heavy (non-hydrogen) atoms. The van der Waals surface area contributed by atoms with Gasteiger partial charge in [0.05, 0.1) is 0 Å². The van der Waals surface area contributed by atoms with E-state index in [9.17, 15) is 0 Å². The number of aliphatic hydroxyl groups is 1. The van der Waals surface area contributed by atoms with Gasteiger partial charge in [0.25, 0.3) is 0 Å². The Hall–Kier alpha value is -1.56. The average Bonchev–Trinajstić information content (AvgIpc) is 2.58. The molecule has 2 aromatic rings. The van der Waals surface area contributed by atoms with Crippen LogP contribution in [0, 0.1) is 0 Å². The topological polar surface area (TPSA) is 76.4 Å². The molecule has 0 aromatic carbocycles. The minimum atomic E-state index is 0.204. The molecule has 2 radical (unpaired) electrons. The van der Waals surface area contributed by atoms with Crippen molar-refractivity contribution in [2.24, 2.45) is 0 Å². The number of unbranched alkanes of at least 4 members (excludes halogenated alkanes) is 1. The molecule has 2 rings (SSSR count). The summed E-state index contributed by atoms with van der Waals surface area (Å²) in [6.07, 6.45) is 3.90. The summed E-state index contributed by atoms with van der Waals surface area (Å²) in [7, 11) is 5.85. The maximum absolute atomic E-state index is 8.73. The highest BCUT2D eigenvalue weighted by atomic mass is 16.2. The summed E-state index contributed by atoms with van der Waals surface area (Å²) in [6.45, 7) is 0.204. The number of nitrogen functional groups attached to an aromatic ring is 1. The van der Waals surface area contributed by atoms with E-state index in [1.165, 1.54) is 6.33 Å². The highest BCUT2D eigenvalue weighted by Gasteiger charge is 2.09. The lowest BCUT2D eigenvalue weighted by Gasteiger charge is -2.02. The van der Waals surface area contributed by atoms with Crippen molar-refractivity contribution >= 4 is 24.6 Å². The Balaban J connectivity index is 2.36. The third-order valence-electron chi connectivity index (χ3n) is 2.53. The number of hydrogen-bond donors (Lipinski definition) is 2. The van der Waals surface area contributed by atoms with Crippen molar-refractivity contribution in [1.82, 2.24) is 14.6 Å². The lowest BCUT2D eigenvalue weighted by Crippen LogP contribution is -2.07. The Morgan fingerprint density at radius 1 is 1.44 bits per heavy atom. The minimum Gasteiger partial charge on any atom is -0.396 e. The van der Waals surface area contributed by atoms with Crippen LogP contribution in [0.15, 0.2) is 12.4 Å². The van der Waals surface area contributed by atoms with Gasteiger partial charge in [0, 0.05) is 12.3 Å². The van der Waals surface area contributed by atoms with Gasteiger partial charge in [-0.25, -0.2) is 9.50 Å². The summed E-state index contributed by atoms with van der Waals surface area (Å²) in [5.41, 5.74) is 7.99. The number of nitrogens with zero attached hydrogens (tertiary/aromatic N) is 3. The monoisotopic (exact) mass is 216 g/mol. The zero-order valence-corrected chi connectivity index (χ0v) is 8.93. The molecule has 0 aliphatic rings. The van der Waals surface area contributed by atoms with E-state index >= 15 is 0 Å². The van der Waals surface area contributed by atoms with Crippen LogP contribution in [0.3, 0.4) is 0 Å². The Bertz CT molecular complexity index is 497. The Morgan fingerprint density at radius 3 is 3.00 bits per heavy atom. The van der Waals surface area contributed by atoms with Crippen LogP contribution in [0.4, 0.5) is 5.82 Å². The quantitative estimate of drug-likeness (QED) is 0.529. The zero-order chi connectivity index (χ0) is 11.5. The first-order valence-corrected chi connectivity index (χ1v) is 5.21. The fourth-order valence-corrected chi connectivity index (χ4v) is 1.76. The number of fused-ring (bicyclic) bond motifs is 1. The van der Waals surface area contributed by atoms with Gasteiger partial charge in [0.2, 0.25) is 0 Å². The average molecular weight is 216 g/mol. The number of hydrogen-bond acceptors (Lipinski definition) is 4. The van der Waals surface area contributed by atoms with Gasteiger partial charge in [-0.05, 0) is 25.3 Å². The van der Waals surface area contributed by atoms with Crippen molar-refractivity contribution in [3.05, 3.63) is 18.1 Å². The Labute approximate surface area is 94.7 Å². The summed E-state index contributed by atoms with van der Waals surface area (Å²) in [6, 6.07) is 1.86. The lowest BCUT2D eigenvalue weighted by atomic mass is 9.97. The first-order chi connectivity index (χ1) is 7.74. The second-order valence-electron chi connectivity index (χ2n) is 3.68.